The lowest BCUT2D eigenvalue weighted by Gasteiger charge is -1.90. The van der Waals surface area contributed by atoms with Crippen molar-refractivity contribution in [1.82, 2.24) is 15.0 Å². The third-order valence-electron chi connectivity index (χ3n) is 0.910. The molecule has 0 aromatic carbocycles. The van der Waals surface area contributed by atoms with Gasteiger partial charge in [0, 0.05) is 0 Å². The van der Waals surface area contributed by atoms with Gasteiger partial charge < -0.3 is 5.53 Å². The summed E-state index contributed by atoms with van der Waals surface area (Å²) in [5.41, 5.74) is 8.13. The topological polar surface area (TPSA) is 75.1 Å². The molecule has 1 rings (SSSR count). The van der Waals surface area contributed by atoms with E-state index in [-0.39, 0.29) is 11.1 Å². The number of nitrogens with zero attached hydrogens (tertiary/aromatic N) is 5. The van der Waals surface area contributed by atoms with Crippen LogP contribution in [0.5, 0.6) is 0 Å². The summed E-state index contributed by atoms with van der Waals surface area (Å²) in [6.07, 6.45) is 1.08. The van der Waals surface area contributed by atoms with E-state index in [0.717, 1.165) is 6.21 Å². The number of hydrogen-bond donors (Lipinski definition) is 0. The van der Waals surface area contributed by atoms with Crippen molar-refractivity contribution >= 4 is 17.8 Å². The summed E-state index contributed by atoms with van der Waals surface area (Å²) in [6.45, 7) is 1.67. The minimum atomic E-state index is 0.0902. The average molecular weight is 170 g/mol. The highest BCUT2D eigenvalue weighted by Gasteiger charge is 2.00. The second-order valence-electron chi connectivity index (χ2n) is 1.75. The average Bonchev–Trinajstić information content (AvgIpc) is 1.85. The third-order valence-corrected chi connectivity index (χ3v) is 1.08. The second kappa shape index (κ2) is 3.18. The molecule has 0 saturated heterocycles. The monoisotopic (exact) mass is 169 g/mol. The molecule has 11 heavy (non-hydrogen) atoms. The molecular weight excluding hydrogens is 166 g/mol. The molecule has 0 N–H and O–H groups in total. The van der Waals surface area contributed by atoms with Crippen molar-refractivity contribution in [2.24, 2.45) is 0 Å². The van der Waals surface area contributed by atoms with Crippen molar-refractivity contribution in [3.8, 4) is 0 Å². The zero-order valence-electron chi connectivity index (χ0n) is 5.69. The molecule has 1 heterocycles. The number of hydrogen-bond acceptors (Lipinski definition) is 3. The Balaban J connectivity index is 3.18. The van der Waals surface area contributed by atoms with E-state index in [0.29, 0.717) is 5.82 Å². The SMILES string of the molecule is Cc1nc(Cl)nc(C=[N+]=[N-])n1. The first-order valence-electron chi connectivity index (χ1n) is 2.78. The lowest BCUT2D eigenvalue weighted by atomic mass is 10.6. The molecule has 0 aliphatic carbocycles. The zero-order valence-corrected chi connectivity index (χ0v) is 6.45. The van der Waals surface area contributed by atoms with Crippen molar-refractivity contribution in [1.29, 1.82) is 0 Å². The van der Waals surface area contributed by atoms with Crippen molar-refractivity contribution in [3.63, 3.8) is 0 Å². The predicted molar refractivity (Wildman–Crippen MR) is 38.4 cm³/mol. The molecule has 0 spiro atoms. The fourth-order valence-electron chi connectivity index (χ4n) is 0.578. The van der Waals surface area contributed by atoms with Gasteiger partial charge in [0.15, 0.2) is 0 Å². The highest BCUT2D eigenvalue weighted by Crippen LogP contribution is 1.98. The lowest BCUT2D eigenvalue weighted by Crippen LogP contribution is -1.99. The summed E-state index contributed by atoms with van der Waals surface area (Å²) in [5, 5.41) is 0.0902. The highest BCUT2D eigenvalue weighted by atomic mass is 35.5. The van der Waals surface area contributed by atoms with Gasteiger partial charge in [-0.05, 0) is 18.5 Å². The van der Waals surface area contributed by atoms with Crippen LogP contribution < -0.4 is 0 Å². The van der Waals surface area contributed by atoms with Crippen LogP contribution in [0.25, 0.3) is 5.53 Å². The van der Waals surface area contributed by atoms with Crippen molar-refractivity contribution in [2.45, 2.75) is 6.92 Å². The van der Waals surface area contributed by atoms with E-state index in [1.807, 2.05) is 0 Å². The van der Waals surface area contributed by atoms with Gasteiger partial charge in [-0.1, -0.05) is 0 Å². The van der Waals surface area contributed by atoms with Gasteiger partial charge in [-0.3, -0.25) is 0 Å². The van der Waals surface area contributed by atoms with Crippen LogP contribution in [0.15, 0.2) is 0 Å². The molecule has 1 aromatic rings. The molecule has 0 aliphatic heterocycles. The Hall–Kier alpha value is -1.32. The van der Waals surface area contributed by atoms with Gasteiger partial charge >= 0.3 is 6.21 Å². The standard InChI is InChI=1S/C5H4ClN5/c1-3-9-4(2-8-7)11-5(6)10-3/h2H,1H3. The number of halogens is 1. The molecule has 0 radical (unpaired) electrons. The molecule has 0 aliphatic rings. The van der Waals surface area contributed by atoms with Crippen LogP contribution in [-0.4, -0.2) is 26.0 Å². The Morgan fingerprint density at radius 3 is 2.73 bits per heavy atom. The maximum absolute atomic E-state index is 8.13. The van der Waals surface area contributed by atoms with E-state index in [2.05, 4.69) is 19.7 Å². The minimum absolute atomic E-state index is 0.0902. The minimum Gasteiger partial charge on any atom is -0.361 e. The van der Waals surface area contributed by atoms with Gasteiger partial charge in [0.25, 0.3) is 0 Å². The first-order valence-corrected chi connectivity index (χ1v) is 3.16. The smallest absolute Gasteiger partial charge is 0.324 e. The first kappa shape index (κ1) is 7.78. The van der Waals surface area contributed by atoms with Gasteiger partial charge in [0.1, 0.15) is 5.82 Å². The summed E-state index contributed by atoms with van der Waals surface area (Å²) < 4.78 is 0. The maximum atomic E-state index is 8.13. The Labute approximate surface area is 67.7 Å². The molecule has 56 valence electrons. The van der Waals surface area contributed by atoms with Crippen LogP contribution >= 0.6 is 11.6 Å². The van der Waals surface area contributed by atoms with Crippen LogP contribution in [0.2, 0.25) is 5.28 Å². The normalized spacial score (nSPS) is 8.91. The molecule has 6 heteroatoms. The lowest BCUT2D eigenvalue weighted by molar-refractivity contribution is 0.00391. The molecule has 0 amide bonds. The summed E-state index contributed by atoms with van der Waals surface area (Å²) in [4.78, 5) is 13.9. The highest BCUT2D eigenvalue weighted by molar-refractivity contribution is 6.28. The molecular formula is C5H4ClN5. The Morgan fingerprint density at radius 1 is 1.45 bits per heavy atom. The predicted octanol–water partition coefficient (Wildman–Crippen LogP) is 0.482. The Morgan fingerprint density at radius 2 is 2.18 bits per heavy atom. The van der Waals surface area contributed by atoms with Gasteiger partial charge in [-0.25, -0.2) is 9.97 Å². The molecule has 1 aromatic heterocycles. The first-order chi connectivity index (χ1) is 5.22. The molecule has 0 fully saturated rings. The summed E-state index contributed by atoms with van der Waals surface area (Å²) >= 11 is 5.48. The number of aromatic nitrogens is 3. The largest absolute Gasteiger partial charge is 0.361 e. The van der Waals surface area contributed by atoms with Crippen LogP contribution in [0.1, 0.15) is 11.6 Å². The van der Waals surface area contributed by atoms with E-state index < -0.39 is 0 Å². The van der Waals surface area contributed by atoms with Crippen molar-refractivity contribution in [2.75, 3.05) is 0 Å². The maximum Gasteiger partial charge on any atom is 0.324 e. The Kier molecular flexibility index (Phi) is 2.25. The van der Waals surface area contributed by atoms with Gasteiger partial charge in [-0.15, -0.1) is 0 Å². The van der Waals surface area contributed by atoms with Crippen LogP contribution in [-0.2, 0) is 0 Å². The van der Waals surface area contributed by atoms with Crippen molar-refractivity contribution in [3.05, 3.63) is 22.5 Å². The molecule has 0 unspecified atom stereocenters. The second-order valence-corrected chi connectivity index (χ2v) is 2.09. The van der Waals surface area contributed by atoms with E-state index in [4.69, 9.17) is 17.1 Å². The van der Waals surface area contributed by atoms with E-state index in [9.17, 15) is 0 Å². The van der Waals surface area contributed by atoms with E-state index in [1.165, 1.54) is 0 Å². The number of aryl methyl sites for hydroxylation is 1. The van der Waals surface area contributed by atoms with Gasteiger partial charge in [-0.2, -0.15) is 9.77 Å². The van der Waals surface area contributed by atoms with Gasteiger partial charge in [0.2, 0.25) is 11.1 Å². The van der Waals surface area contributed by atoms with Crippen LogP contribution in [0, 0.1) is 6.92 Å². The van der Waals surface area contributed by atoms with E-state index in [1.54, 1.807) is 6.92 Å². The van der Waals surface area contributed by atoms with Crippen LogP contribution in [0.3, 0.4) is 0 Å². The molecule has 0 atom stereocenters. The summed E-state index contributed by atoms with van der Waals surface area (Å²) in [6, 6.07) is 0. The number of rotatable bonds is 1. The zero-order chi connectivity index (χ0) is 8.27. The molecule has 5 nitrogen and oxygen atoms in total. The summed E-state index contributed by atoms with van der Waals surface area (Å²) in [7, 11) is 0. The summed E-state index contributed by atoms with van der Waals surface area (Å²) in [5.74, 6) is 0.727. The fourth-order valence-corrected chi connectivity index (χ4v) is 0.787. The Bertz CT molecular complexity index is 296. The molecule has 0 bridgehead atoms. The van der Waals surface area contributed by atoms with E-state index >= 15 is 0 Å². The molecule has 0 saturated carbocycles. The van der Waals surface area contributed by atoms with Crippen LogP contribution in [0.4, 0.5) is 0 Å². The quantitative estimate of drug-likeness (QED) is 0.349. The van der Waals surface area contributed by atoms with Crippen molar-refractivity contribution < 1.29 is 4.79 Å². The fraction of sp³-hybridized carbons (Fsp3) is 0.200. The third kappa shape index (κ3) is 2.07. The van der Waals surface area contributed by atoms with Gasteiger partial charge in [0.05, 0.1) is 0 Å².